The fourth-order valence-electron chi connectivity index (χ4n) is 3.62. The summed E-state index contributed by atoms with van der Waals surface area (Å²) in [6.07, 6.45) is 8.88. The van der Waals surface area contributed by atoms with Gasteiger partial charge in [-0.25, -0.2) is 0 Å². The molecule has 5 nitrogen and oxygen atoms in total. The smallest absolute Gasteiger partial charge is 0.152 e. The van der Waals surface area contributed by atoms with E-state index in [2.05, 4.69) is 28.1 Å². The summed E-state index contributed by atoms with van der Waals surface area (Å²) in [5.74, 6) is 2.66. The topological polar surface area (TPSA) is 54.3 Å². The van der Waals surface area contributed by atoms with Crippen molar-refractivity contribution in [3.05, 3.63) is 30.2 Å². The Bertz CT molecular complexity index is 633. The van der Waals surface area contributed by atoms with E-state index in [4.69, 9.17) is 9.15 Å². The van der Waals surface area contributed by atoms with Gasteiger partial charge in [-0.15, -0.1) is 0 Å². The standard InChI is InChI=1S/C19H27N3O2/c1-2-3-4-15-11-22(13-19(24-15)14-5-6-14)12-16-7-8-18(23-16)17-9-10-20-21-17/h7-10,14-15,19H,2-6,11-13H2,1H3,(H,20,21)/t15-,19-/m1/s1. The highest BCUT2D eigenvalue weighted by Gasteiger charge is 2.38. The molecule has 1 saturated heterocycles. The number of ether oxygens (including phenoxy) is 1. The van der Waals surface area contributed by atoms with Crippen LogP contribution in [0.1, 0.15) is 44.8 Å². The molecule has 0 bridgehead atoms. The summed E-state index contributed by atoms with van der Waals surface area (Å²) in [6, 6.07) is 6.04. The number of nitrogens with zero attached hydrogens (tertiary/aromatic N) is 2. The van der Waals surface area contributed by atoms with Gasteiger partial charge >= 0.3 is 0 Å². The summed E-state index contributed by atoms with van der Waals surface area (Å²) in [7, 11) is 0. The Balaban J connectivity index is 1.40. The first-order chi connectivity index (χ1) is 11.8. The molecule has 24 heavy (non-hydrogen) atoms. The molecular formula is C19H27N3O2. The van der Waals surface area contributed by atoms with E-state index in [1.165, 1.54) is 32.1 Å². The van der Waals surface area contributed by atoms with Gasteiger partial charge in [0.25, 0.3) is 0 Å². The highest BCUT2D eigenvalue weighted by Crippen LogP contribution is 2.37. The zero-order valence-electron chi connectivity index (χ0n) is 14.4. The molecule has 4 rings (SSSR count). The monoisotopic (exact) mass is 329 g/mol. The number of hydrogen-bond acceptors (Lipinski definition) is 4. The van der Waals surface area contributed by atoms with Crippen LogP contribution in [0.4, 0.5) is 0 Å². The van der Waals surface area contributed by atoms with Crippen molar-refractivity contribution >= 4 is 0 Å². The second-order valence-electron chi connectivity index (χ2n) is 7.21. The third-order valence-corrected chi connectivity index (χ3v) is 5.10. The first-order valence-corrected chi connectivity index (χ1v) is 9.28. The molecule has 1 aliphatic heterocycles. The number of furan rings is 1. The lowest BCUT2D eigenvalue weighted by molar-refractivity contribution is -0.100. The van der Waals surface area contributed by atoms with E-state index in [0.29, 0.717) is 12.2 Å². The fraction of sp³-hybridized carbons (Fsp3) is 0.632. The van der Waals surface area contributed by atoms with Gasteiger partial charge in [0.05, 0.1) is 18.8 Å². The highest BCUT2D eigenvalue weighted by atomic mass is 16.5. The number of rotatable bonds is 7. The van der Waals surface area contributed by atoms with Crippen molar-refractivity contribution in [1.82, 2.24) is 15.1 Å². The van der Waals surface area contributed by atoms with Crippen molar-refractivity contribution in [2.45, 2.75) is 57.8 Å². The maximum Gasteiger partial charge on any atom is 0.152 e. The second kappa shape index (κ2) is 7.11. The van der Waals surface area contributed by atoms with Crippen LogP contribution >= 0.6 is 0 Å². The Morgan fingerprint density at radius 2 is 2.17 bits per heavy atom. The molecule has 2 aliphatic rings. The van der Waals surface area contributed by atoms with Crippen LogP contribution in [0.2, 0.25) is 0 Å². The molecule has 1 aliphatic carbocycles. The predicted octanol–water partition coefficient (Wildman–Crippen LogP) is 3.84. The maximum atomic E-state index is 6.36. The third-order valence-electron chi connectivity index (χ3n) is 5.10. The van der Waals surface area contributed by atoms with Crippen molar-refractivity contribution in [3.63, 3.8) is 0 Å². The molecule has 0 amide bonds. The first kappa shape index (κ1) is 15.9. The highest BCUT2D eigenvalue weighted by molar-refractivity contribution is 5.51. The van der Waals surface area contributed by atoms with E-state index in [0.717, 1.165) is 42.8 Å². The molecule has 1 N–H and O–H groups in total. The molecule has 3 heterocycles. The number of unbranched alkanes of at least 4 members (excludes halogenated alkanes) is 1. The van der Waals surface area contributed by atoms with E-state index >= 15 is 0 Å². The van der Waals surface area contributed by atoms with Crippen LogP contribution in [0, 0.1) is 5.92 Å². The summed E-state index contributed by atoms with van der Waals surface area (Å²) in [4.78, 5) is 2.52. The Labute approximate surface area is 143 Å². The zero-order valence-corrected chi connectivity index (χ0v) is 14.4. The molecule has 0 spiro atoms. The summed E-state index contributed by atoms with van der Waals surface area (Å²) in [6.45, 7) is 5.17. The van der Waals surface area contributed by atoms with E-state index in [1.54, 1.807) is 6.20 Å². The summed E-state index contributed by atoms with van der Waals surface area (Å²) < 4.78 is 12.4. The Morgan fingerprint density at radius 1 is 1.25 bits per heavy atom. The van der Waals surface area contributed by atoms with Crippen LogP contribution in [-0.2, 0) is 11.3 Å². The van der Waals surface area contributed by atoms with Crippen molar-refractivity contribution in [3.8, 4) is 11.5 Å². The van der Waals surface area contributed by atoms with Crippen molar-refractivity contribution in [2.24, 2.45) is 5.92 Å². The predicted molar refractivity (Wildman–Crippen MR) is 92.5 cm³/mol. The van der Waals surface area contributed by atoms with Crippen LogP contribution < -0.4 is 0 Å². The van der Waals surface area contributed by atoms with Crippen molar-refractivity contribution in [2.75, 3.05) is 13.1 Å². The molecule has 2 aromatic heterocycles. The average molecular weight is 329 g/mol. The normalized spacial score (nSPS) is 25.2. The van der Waals surface area contributed by atoms with E-state index in [1.807, 2.05) is 12.1 Å². The second-order valence-corrected chi connectivity index (χ2v) is 7.21. The number of aromatic amines is 1. The van der Waals surface area contributed by atoms with Gasteiger partial charge in [-0.2, -0.15) is 5.10 Å². The van der Waals surface area contributed by atoms with Crippen LogP contribution in [0.25, 0.3) is 11.5 Å². The number of morpholine rings is 1. The number of nitrogens with one attached hydrogen (secondary N) is 1. The summed E-state index contributed by atoms with van der Waals surface area (Å²) in [5, 5.41) is 6.94. The molecule has 2 fully saturated rings. The SMILES string of the molecule is CCCC[C@@H]1CN(Cc2ccc(-c3ccn[nH]3)o2)C[C@H](C2CC2)O1. The third kappa shape index (κ3) is 3.73. The Kier molecular flexibility index (Phi) is 4.72. The molecule has 2 aromatic rings. The van der Waals surface area contributed by atoms with E-state index in [9.17, 15) is 0 Å². The van der Waals surface area contributed by atoms with Gasteiger partial charge in [-0.1, -0.05) is 19.8 Å². The number of H-pyrrole nitrogens is 1. The number of hydrogen-bond donors (Lipinski definition) is 1. The van der Waals surface area contributed by atoms with Crippen LogP contribution in [0.3, 0.4) is 0 Å². The van der Waals surface area contributed by atoms with Gasteiger partial charge in [-0.05, 0) is 43.4 Å². The minimum absolute atomic E-state index is 0.381. The lowest BCUT2D eigenvalue weighted by Gasteiger charge is -2.38. The largest absolute Gasteiger partial charge is 0.458 e. The first-order valence-electron chi connectivity index (χ1n) is 9.28. The molecule has 0 radical (unpaired) electrons. The molecule has 5 heteroatoms. The minimum Gasteiger partial charge on any atom is -0.458 e. The van der Waals surface area contributed by atoms with Crippen LogP contribution in [0.5, 0.6) is 0 Å². The van der Waals surface area contributed by atoms with Gasteiger partial charge in [0.15, 0.2) is 5.76 Å². The van der Waals surface area contributed by atoms with Crippen LogP contribution in [-0.4, -0.2) is 40.4 Å². The van der Waals surface area contributed by atoms with Crippen molar-refractivity contribution < 1.29 is 9.15 Å². The van der Waals surface area contributed by atoms with Gasteiger partial charge in [0.2, 0.25) is 0 Å². The molecular weight excluding hydrogens is 302 g/mol. The van der Waals surface area contributed by atoms with Gasteiger partial charge in [0, 0.05) is 19.3 Å². The maximum absolute atomic E-state index is 6.36. The van der Waals surface area contributed by atoms with Gasteiger partial charge in [0.1, 0.15) is 11.5 Å². The van der Waals surface area contributed by atoms with E-state index in [-0.39, 0.29) is 0 Å². The fourth-order valence-corrected chi connectivity index (χ4v) is 3.62. The molecule has 0 aromatic carbocycles. The Morgan fingerprint density at radius 3 is 2.92 bits per heavy atom. The lowest BCUT2D eigenvalue weighted by Crippen LogP contribution is -2.47. The zero-order chi connectivity index (χ0) is 16.4. The van der Waals surface area contributed by atoms with Gasteiger partial charge < -0.3 is 9.15 Å². The Hall–Kier alpha value is -1.59. The average Bonchev–Trinajstić information content (AvgIpc) is 3.10. The van der Waals surface area contributed by atoms with Crippen LogP contribution in [0.15, 0.2) is 28.8 Å². The quantitative estimate of drug-likeness (QED) is 0.838. The minimum atomic E-state index is 0.381. The van der Waals surface area contributed by atoms with Gasteiger partial charge in [-0.3, -0.25) is 10.00 Å². The van der Waals surface area contributed by atoms with E-state index < -0.39 is 0 Å². The number of aromatic nitrogens is 2. The molecule has 130 valence electrons. The van der Waals surface area contributed by atoms with Crippen molar-refractivity contribution in [1.29, 1.82) is 0 Å². The lowest BCUT2D eigenvalue weighted by atomic mass is 10.1. The molecule has 1 saturated carbocycles. The summed E-state index contributed by atoms with van der Waals surface area (Å²) in [5.41, 5.74) is 0.930. The molecule has 2 atom stereocenters. The summed E-state index contributed by atoms with van der Waals surface area (Å²) >= 11 is 0. The molecule has 0 unspecified atom stereocenters.